The molecule has 26 heavy (non-hydrogen) atoms. The number of carbonyl (C=O) groups excluding carboxylic acids is 2. The molecule has 0 aliphatic carbocycles. The van der Waals surface area contributed by atoms with Gasteiger partial charge in [-0.25, -0.2) is 0 Å². The Labute approximate surface area is 155 Å². The Kier molecular flexibility index (Phi) is 5.40. The lowest BCUT2D eigenvalue weighted by molar-refractivity contribution is -0.121. The minimum atomic E-state index is -0.167. The van der Waals surface area contributed by atoms with Gasteiger partial charge in [0, 0.05) is 24.3 Å². The molecule has 0 spiro atoms. The van der Waals surface area contributed by atoms with Gasteiger partial charge in [-0.1, -0.05) is 23.8 Å². The third kappa shape index (κ3) is 4.13. The van der Waals surface area contributed by atoms with Gasteiger partial charge in [-0.3, -0.25) is 9.59 Å². The first-order valence-corrected chi connectivity index (χ1v) is 9.18. The average molecular weight is 350 g/mol. The lowest BCUT2D eigenvalue weighted by Crippen LogP contribution is -2.43. The van der Waals surface area contributed by atoms with Gasteiger partial charge in [-0.15, -0.1) is 0 Å². The number of rotatable bonds is 3. The second kappa shape index (κ2) is 7.73. The van der Waals surface area contributed by atoms with E-state index in [1.54, 1.807) is 0 Å². The molecule has 0 radical (unpaired) electrons. The van der Waals surface area contributed by atoms with Gasteiger partial charge in [0.05, 0.1) is 5.92 Å². The Morgan fingerprint density at radius 2 is 1.85 bits per heavy atom. The predicted octanol–water partition coefficient (Wildman–Crippen LogP) is 4.10. The Hall–Kier alpha value is -2.62. The van der Waals surface area contributed by atoms with Crippen molar-refractivity contribution in [1.82, 2.24) is 4.90 Å². The molecule has 2 aromatic carbocycles. The molecule has 1 saturated heterocycles. The van der Waals surface area contributed by atoms with Gasteiger partial charge in [0.2, 0.25) is 5.91 Å². The molecule has 1 heterocycles. The molecular formula is C22H26N2O2. The molecular weight excluding hydrogens is 324 g/mol. The lowest BCUT2D eigenvalue weighted by Gasteiger charge is -2.32. The number of nitrogens with one attached hydrogen (secondary N) is 1. The van der Waals surface area contributed by atoms with Crippen molar-refractivity contribution in [2.24, 2.45) is 5.92 Å². The topological polar surface area (TPSA) is 49.4 Å². The van der Waals surface area contributed by atoms with Crippen molar-refractivity contribution in [2.45, 2.75) is 33.6 Å². The third-order valence-corrected chi connectivity index (χ3v) is 5.12. The molecule has 136 valence electrons. The van der Waals surface area contributed by atoms with Crippen molar-refractivity contribution >= 4 is 17.5 Å². The molecule has 0 unspecified atom stereocenters. The maximum Gasteiger partial charge on any atom is 0.253 e. The molecule has 0 bridgehead atoms. The number of benzene rings is 2. The summed E-state index contributed by atoms with van der Waals surface area (Å²) in [7, 11) is 0. The van der Waals surface area contributed by atoms with E-state index in [1.165, 1.54) is 5.56 Å². The number of hydrogen-bond acceptors (Lipinski definition) is 2. The van der Waals surface area contributed by atoms with Gasteiger partial charge >= 0.3 is 0 Å². The molecule has 1 fully saturated rings. The lowest BCUT2D eigenvalue weighted by atomic mass is 9.96. The second-order valence-electron chi connectivity index (χ2n) is 7.25. The first-order valence-electron chi connectivity index (χ1n) is 9.18. The van der Waals surface area contributed by atoms with Crippen molar-refractivity contribution in [1.29, 1.82) is 0 Å². The second-order valence-corrected chi connectivity index (χ2v) is 7.25. The van der Waals surface area contributed by atoms with E-state index in [9.17, 15) is 9.59 Å². The van der Waals surface area contributed by atoms with Gasteiger partial charge in [-0.2, -0.15) is 0 Å². The largest absolute Gasteiger partial charge is 0.338 e. The fourth-order valence-corrected chi connectivity index (χ4v) is 3.40. The van der Waals surface area contributed by atoms with Crippen LogP contribution in [0, 0.1) is 26.7 Å². The van der Waals surface area contributed by atoms with Crippen LogP contribution in [0.15, 0.2) is 42.5 Å². The summed E-state index contributed by atoms with van der Waals surface area (Å²) in [6, 6.07) is 13.6. The highest BCUT2D eigenvalue weighted by Crippen LogP contribution is 2.22. The van der Waals surface area contributed by atoms with E-state index < -0.39 is 0 Å². The van der Waals surface area contributed by atoms with Gasteiger partial charge < -0.3 is 10.2 Å². The fourth-order valence-electron chi connectivity index (χ4n) is 3.40. The number of likely N-dealkylation sites (tertiary alicyclic amines) is 1. The summed E-state index contributed by atoms with van der Waals surface area (Å²) < 4.78 is 0. The Morgan fingerprint density at radius 3 is 2.58 bits per heavy atom. The number of piperidine rings is 1. The maximum absolute atomic E-state index is 12.8. The summed E-state index contributed by atoms with van der Waals surface area (Å²) in [5, 5.41) is 3.01. The molecule has 0 saturated carbocycles. The minimum absolute atomic E-state index is 0.00463. The Balaban J connectivity index is 1.66. The highest BCUT2D eigenvalue weighted by molar-refractivity contribution is 5.96. The smallest absolute Gasteiger partial charge is 0.253 e. The zero-order valence-electron chi connectivity index (χ0n) is 15.7. The van der Waals surface area contributed by atoms with Crippen LogP contribution in [-0.2, 0) is 4.79 Å². The summed E-state index contributed by atoms with van der Waals surface area (Å²) in [6.45, 7) is 7.25. The van der Waals surface area contributed by atoms with E-state index in [4.69, 9.17) is 0 Å². The molecule has 1 N–H and O–H groups in total. The first kappa shape index (κ1) is 18.2. The van der Waals surface area contributed by atoms with Crippen molar-refractivity contribution in [3.05, 3.63) is 64.7 Å². The summed E-state index contributed by atoms with van der Waals surface area (Å²) in [6.07, 6.45) is 1.66. The van der Waals surface area contributed by atoms with E-state index in [2.05, 4.69) is 12.2 Å². The molecule has 2 aromatic rings. The summed E-state index contributed by atoms with van der Waals surface area (Å²) >= 11 is 0. The molecule has 1 atom stereocenters. The van der Waals surface area contributed by atoms with E-state index in [0.717, 1.165) is 29.7 Å². The molecule has 1 aliphatic rings. The Bertz CT molecular complexity index is 829. The zero-order chi connectivity index (χ0) is 18.7. The van der Waals surface area contributed by atoms with Crippen molar-refractivity contribution in [3.63, 3.8) is 0 Å². The number of hydrogen-bond donors (Lipinski definition) is 1. The van der Waals surface area contributed by atoms with Crippen LogP contribution in [0.5, 0.6) is 0 Å². The maximum atomic E-state index is 12.8. The van der Waals surface area contributed by atoms with Crippen molar-refractivity contribution in [3.8, 4) is 0 Å². The molecule has 0 aromatic heterocycles. The Morgan fingerprint density at radius 1 is 1.04 bits per heavy atom. The third-order valence-electron chi connectivity index (χ3n) is 5.12. The first-order chi connectivity index (χ1) is 12.4. The van der Waals surface area contributed by atoms with Crippen molar-refractivity contribution < 1.29 is 9.59 Å². The van der Waals surface area contributed by atoms with Crippen LogP contribution in [0.3, 0.4) is 0 Å². The highest BCUT2D eigenvalue weighted by Gasteiger charge is 2.29. The quantitative estimate of drug-likeness (QED) is 0.906. The van der Waals surface area contributed by atoms with Gasteiger partial charge in [-0.05, 0) is 69.0 Å². The summed E-state index contributed by atoms with van der Waals surface area (Å²) in [4.78, 5) is 27.2. The standard InChI is InChI=1S/C22H26N2O2/c1-15-6-4-7-18(12-15)22(26)24-11-5-8-19(14-24)21(25)23-20-10-9-16(2)17(3)13-20/h4,6-7,9-10,12-13,19H,5,8,11,14H2,1-3H3,(H,23,25)/t19-/m1/s1. The van der Waals surface area contributed by atoms with Crippen LogP contribution in [0.1, 0.15) is 39.9 Å². The van der Waals surface area contributed by atoms with Crippen LogP contribution in [0.2, 0.25) is 0 Å². The number of nitrogens with zero attached hydrogens (tertiary/aromatic N) is 1. The predicted molar refractivity (Wildman–Crippen MR) is 104 cm³/mol. The molecule has 3 rings (SSSR count). The van der Waals surface area contributed by atoms with E-state index in [-0.39, 0.29) is 17.7 Å². The van der Waals surface area contributed by atoms with E-state index in [0.29, 0.717) is 18.7 Å². The van der Waals surface area contributed by atoms with Crippen LogP contribution < -0.4 is 5.32 Å². The monoisotopic (exact) mass is 350 g/mol. The number of carbonyl (C=O) groups is 2. The minimum Gasteiger partial charge on any atom is -0.338 e. The van der Waals surface area contributed by atoms with Crippen LogP contribution in [0.4, 0.5) is 5.69 Å². The number of anilines is 1. The summed E-state index contributed by atoms with van der Waals surface area (Å²) in [5.74, 6) is -0.161. The van der Waals surface area contributed by atoms with Crippen LogP contribution in [-0.4, -0.2) is 29.8 Å². The van der Waals surface area contributed by atoms with Crippen LogP contribution >= 0.6 is 0 Å². The van der Waals surface area contributed by atoms with Crippen LogP contribution in [0.25, 0.3) is 0 Å². The number of aryl methyl sites for hydroxylation is 3. The van der Waals surface area contributed by atoms with E-state index in [1.807, 2.05) is 61.2 Å². The molecule has 4 nitrogen and oxygen atoms in total. The van der Waals surface area contributed by atoms with Crippen molar-refractivity contribution in [2.75, 3.05) is 18.4 Å². The normalized spacial score (nSPS) is 17.0. The van der Waals surface area contributed by atoms with Gasteiger partial charge in [0.15, 0.2) is 0 Å². The number of amides is 2. The zero-order valence-corrected chi connectivity index (χ0v) is 15.7. The average Bonchev–Trinajstić information content (AvgIpc) is 2.64. The van der Waals surface area contributed by atoms with E-state index >= 15 is 0 Å². The molecule has 2 amide bonds. The molecule has 1 aliphatic heterocycles. The van der Waals surface area contributed by atoms with Gasteiger partial charge in [0.25, 0.3) is 5.91 Å². The SMILES string of the molecule is Cc1cccc(C(=O)N2CCC[C@@H](C(=O)Nc3ccc(C)c(C)c3)C2)c1. The molecule has 4 heteroatoms. The highest BCUT2D eigenvalue weighted by atomic mass is 16.2. The fraction of sp³-hybridized carbons (Fsp3) is 0.364. The van der Waals surface area contributed by atoms with Gasteiger partial charge in [0.1, 0.15) is 0 Å². The summed E-state index contributed by atoms with van der Waals surface area (Å²) in [5.41, 5.74) is 4.94.